The Bertz CT molecular complexity index is 745. The zero-order valence-electron chi connectivity index (χ0n) is 10.7. The van der Waals surface area contributed by atoms with Gasteiger partial charge in [0.15, 0.2) is 0 Å². The minimum Gasteiger partial charge on any atom is -0.545 e. The normalized spacial score (nSPS) is 10.0. The molecule has 1 aromatic heterocycles. The summed E-state index contributed by atoms with van der Waals surface area (Å²) < 4.78 is 1.31. The maximum atomic E-state index is 11.1. The number of nitro benzene ring substituents is 1. The van der Waals surface area contributed by atoms with Gasteiger partial charge in [0.1, 0.15) is 5.69 Å². The standard InChI is InChI=1S/C13H10N4O4/c14-5-2-6-16-8-11(13(18)19)12(15-16)9-3-1-4-10(7-9)17(20)21/h1,3-4,7-8H,2,6H2,(H,18,19)/p-1. The molecule has 106 valence electrons. The van der Waals surface area contributed by atoms with Gasteiger partial charge in [-0.25, -0.2) is 0 Å². The SMILES string of the molecule is N#CCCn1cc(C(=O)[O-])c(-c2cccc([N+](=O)[O-])c2)n1. The van der Waals surface area contributed by atoms with E-state index in [4.69, 9.17) is 5.26 Å². The molecule has 0 aliphatic rings. The van der Waals surface area contributed by atoms with Gasteiger partial charge in [0.2, 0.25) is 0 Å². The van der Waals surface area contributed by atoms with Crippen molar-refractivity contribution in [1.29, 1.82) is 5.26 Å². The molecule has 0 N–H and O–H groups in total. The molecule has 8 nitrogen and oxygen atoms in total. The van der Waals surface area contributed by atoms with Gasteiger partial charge in [-0.15, -0.1) is 0 Å². The third kappa shape index (κ3) is 3.03. The number of nitrogens with zero attached hydrogens (tertiary/aromatic N) is 4. The van der Waals surface area contributed by atoms with Crippen LogP contribution in [0.15, 0.2) is 30.5 Å². The highest BCUT2D eigenvalue weighted by atomic mass is 16.6. The summed E-state index contributed by atoms with van der Waals surface area (Å²) in [5.41, 5.74) is 0.0487. The van der Waals surface area contributed by atoms with Gasteiger partial charge in [-0.1, -0.05) is 12.1 Å². The van der Waals surface area contributed by atoms with Crippen LogP contribution < -0.4 is 5.11 Å². The highest BCUT2D eigenvalue weighted by molar-refractivity contribution is 5.93. The van der Waals surface area contributed by atoms with Gasteiger partial charge >= 0.3 is 0 Å². The van der Waals surface area contributed by atoms with Gasteiger partial charge in [0.25, 0.3) is 5.69 Å². The number of aromatic carboxylic acids is 1. The van der Waals surface area contributed by atoms with Crippen LogP contribution in [0.25, 0.3) is 11.3 Å². The van der Waals surface area contributed by atoms with E-state index in [9.17, 15) is 20.0 Å². The van der Waals surface area contributed by atoms with E-state index in [0.29, 0.717) is 5.56 Å². The van der Waals surface area contributed by atoms with Crippen LogP contribution in [0, 0.1) is 21.4 Å². The molecule has 0 spiro atoms. The van der Waals surface area contributed by atoms with E-state index in [1.54, 1.807) is 0 Å². The van der Waals surface area contributed by atoms with Crippen molar-refractivity contribution in [3.8, 4) is 17.3 Å². The van der Waals surface area contributed by atoms with E-state index in [1.807, 2.05) is 6.07 Å². The Hall–Kier alpha value is -3.21. The highest BCUT2D eigenvalue weighted by Gasteiger charge is 2.15. The van der Waals surface area contributed by atoms with Gasteiger partial charge < -0.3 is 9.90 Å². The molecule has 0 unspecified atom stereocenters. The molecule has 0 aliphatic heterocycles. The van der Waals surface area contributed by atoms with E-state index in [0.717, 1.165) is 0 Å². The van der Waals surface area contributed by atoms with Crippen molar-refractivity contribution < 1.29 is 14.8 Å². The van der Waals surface area contributed by atoms with Gasteiger partial charge in [-0.3, -0.25) is 14.8 Å². The van der Waals surface area contributed by atoms with Crippen LogP contribution in [0.3, 0.4) is 0 Å². The van der Waals surface area contributed by atoms with E-state index < -0.39 is 10.9 Å². The number of carboxylic acid groups (broad SMARTS) is 1. The zero-order chi connectivity index (χ0) is 15.4. The number of benzene rings is 1. The molecule has 0 aliphatic carbocycles. The van der Waals surface area contributed by atoms with Crippen LogP contribution in [-0.2, 0) is 6.54 Å². The fourth-order valence-corrected chi connectivity index (χ4v) is 1.83. The molecule has 0 amide bonds. The molecule has 1 aromatic carbocycles. The van der Waals surface area contributed by atoms with Crippen LogP contribution >= 0.6 is 0 Å². The summed E-state index contributed by atoms with van der Waals surface area (Å²) >= 11 is 0. The number of rotatable bonds is 5. The van der Waals surface area contributed by atoms with Crippen molar-refractivity contribution in [2.75, 3.05) is 0 Å². The summed E-state index contributed by atoms with van der Waals surface area (Å²) in [6.07, 6.45) is 1.42. The van der Waals surface area contributed by atoms with Crippen molar-refractivity contribution in [2.45, 2.75) is 13.0 Å². The van der Waals surface area contributed by atoms with Crippen LogP contribution in [0.1, 0.15) is 16.8 Å². The molecule has 2 rings (SSSR count). The fraction of sp³-hybridized carbons (Fsp3) is 0.154. The first kappa shape index (κ1) is 14.2. The van der Waals surface area contributed by atoms with Gasteiger partial charge in [-0.2, -0.15) is 10.4 Å². The molecular formula is C13H9N4O4-. The summed E-state index contributed by atoms with van der Waals surface area (Å²) in [5, 5.41) is 34.5. The lowest BCUT2D eigenvalue weighted by Crippen LogP contribution is -2.22. The number of hydrogen-bond donors (Lipinski definition) is 0. The number of carbonyl (C=O) groups is 1. The van der Waals surface area contributed by atoms with Crippen molar-refractivity contribution in [2.24, 2.45) is 0 Å². The molecule has 0 bridgehead atoms. The minimum atomic E-state index is -1.43. The molecule has 2 aromatic rings. The fourth-order valence-electron chi connectivity index (χ4n) is 1.83. The minimum absolute atomic E-state index is 0.0802. The molecule has 0 fully saturated rings. The first-order chi connectivity index (χ1) is 10.0. The second-order valence-corrected chi connectivity index (χ2v) is 4.16. The highest BCUT2D eigenvalue weighted by Crippen LogP contribution is 2.25. The Morgan fingerprint density at radius 3 is 2.86 bits per heavy atom. The number of non-ortho nitro benzene ring substituents is 1. The lowest BCUT2D eigenvalue weighted by molar-refractivity contribution is -0.384. The van der Waals surface area contributed by atoms with Gasteiger partial charge in [-0.05, 0) is 0 Å². The van der Waals surface area contributed by atoms with Crippen LogP contribution in [0.5, 0.6) is 0 Å². The monoisotopic (exact) mass is 285 g/mol. The first-order valence-corrected chi connectivity index (χ1v) is 5.93. The Labute approximate surface area is 119 Å². The lowest BCUT2D eigenvalue weighted by atomic mass is 10.1. The maximum Gasteiger partial charge on any atom is 0.270 e. The lowest BCUT2D eigenvalue weighted by Gasteiger charge is -2.02. The van der Waals surface area contributed by atoms with Crippen molar-refractivity contribution >= 4 is 11.7 Å². The van der Waals surface area contributed by atoms with Crippen molar-refractivity contribution in [3.63, 3.8) is 0 Å². The predicted octanol–water partition coefficient (Wildman–Crippen LogP) is 0.735. The summed E-state index contributed by atoms with van der Waals surface area (Å²) in [4.78, 5) is 21.3. The second kappa shape index (κ2) is 5.83. The number of carboxylic acids is 1. The van der Waals surface area contributed by atoms with Gasteiger partial charge in [0.05, 0.1) is 29.9 Å². The number of nitro groups is 1. The molecule has 0 saturated heterocycles. The Morgan fingerprint density at radius 2 is 2.24 bits per heavy atom. The van der Waals surface area contributed by atoms with E-state index in [2.05, 4.69) is 5.10 Å². The Kier molecular flexibility index (Phi) is 3.95. The molecule has 0 saturated carbocycles. The molecule has 1 heterocycles. The van der Waals surface area contributed by atoms with Gasteiger partial charge in [0, 0.05) is 29.5 Å². The predicted molar refractivity (Wildman–Crippen MR) is 68.9 cm³/mol. The second-order valence-electron chi connectivity index (χ2n) is 4.16. The Morgan fingerprint density at radius 1 is 1.48 bits per heavy atom. The average Bonchev–Trinajstić information content (AvgIpc) is 2.89. The van der Waals surface area contributed by atoms with E-state index in [1.165, 1.54) is 35.1 Å². The van der Waals surface area contributed by atoms with Crippen LogP contribution in [-0.4, -0.2) is 20.7 Å². The third-order valence-corrected chi connectivity index (χ3v) is 2.76. The molecule has 0 radical (unpaired) electrons. The number of aryl methyl sites for hydroxylation is 1. The van der Waals surface area contributed by atoms with E-state index >= 15 is 0 Å². The Balaban J connectivity index is 2.49. The number of carbonyl (C=O) groups excluding carboxylic acids is 1. The van der Waals surface area contributed by atoms with Crippen LogP contribution in [0.2, 0.25) is 0 Å². The maximum absolute atomic E-state index is 11.1. The first-order valence-electron chi connectivity index (χ1n) is 5.93. The summed E-state index contributed by atoms with van der Waals surface area (Å²) in [6.45, 7) is 0.228. The summed E-state index contributed by atoms with van der Waals surface area (Å²) in [5.74, 6) is -1.43. The molecular weight excluding hydrogens is 276 g/mol. The molecule has 8 heteroatoms. The largest absolute Gasteiger partial charge is 0.545 e. The number of aromatic nitrogens is 2. The quantitative estimate of drug-likeness (QED) is 0.589. The van der Waals surface area contributed by atoms with Crippen LogP contribution in [0.4, 0.5) is 5.69 Å². The summed E-state index contributed by atoms with van der Waals surface area (Å²) in [6, 6.07) is 7.43. The molecule has 21 heavy (non-hydrogen) atoms. The van der Waals surface area contributed by atoms with E-state index in [-0.39, 0.29) is 29.9 Å². The smallest absolute Gasteiger partial charge is 0.270 e. The van der Waals surface area contributed by atoms with Crippen molar-refractivity contribution in [1.82, 2.24) is 9.78 Å². The topological polar surface area (TPSA) is 125 Å². The number of nitriles is 1. The summed E-state index contributed by atoms with van der Waals surface area (Å²) in [7, 11) is 0. The molecule has 0 atom stereocenters. The average molecular weight is 285 g/mol. The third-order valence-electron chi connectivity index (χ3n) is 2.76. The zero-order valence-corrected chi connectivity index (χ0v) is 10.7. The van der Waals surface area contributed by atoms with Crippen molar-refractivity contribution in [3.05, 3.63) is 46.1 Å². The number of hydrogen-bond acceptors (Lipinski definition) is 6.